The highest BCUT2D eigenvalue weighted by Crippen LogP contribution is 2.32. The first kappa shape index (κ1) is 14.0. The molecule has 1 aliphatic heterocycles. The highest BCUT2D eigenvalue weighted by molar-refractivity contribution is 9.09. The molecule has 0 aliphatic carbocycles. The maximum absolute atomic E-state index is 12.1. The van der Waals surface area contributed by atoms with Crippen LogP contribution in [0.5, 0.6) is 0 Å². The van der Waals surface area contributed by atoms with E-state index >= 15 is 0 Å². The minimum Gasteiger partial charge on any atom is -0.374 e. The van der Waals surface area contributed by atoms with Crippen molar-refractivity contribution in [3.05, 3.63) is 0 Å². The van der Waals surface area contributed by atoms with Crippen LogP contribution in [-0.4, -0.2) is 29.5 Å². The smallest absolute Gasteiger partial charge is 0.226 e. The molecule has 0 radical (unpaired) electrons. The van der Waals surface area contributed by atoms with Crippen molar-refractivity contribution >= 4 is 21.8 Å². The standard InChI is InChI=1S/C12H22BrNO2/c1-7(5-6-13)14-12(15)11-8(2)9(3)16-10(11)4/h7-11H,5-6H2,1-4H3,(H,14,15). The number of nitrogens with one attached hydrogen (secondary N) is 1. The Morgan fingerprint density at radius 1 is 1.38 bits per heavy atom. The second-order valence-electron chi connectivity index (χ2n) is 4.82. The maximum atomic E-state index is 12.1. The Balaban J connectivity index is 2.53. The Morgan fingerprint density at radius 3 is 2.44 bits per heavy atom. The molecule has 1 heterocycles. The van der Waals surface area contributed by atoms with Crippen LogP contribution in [0.3, 0.4) is 0 Å². The van der Waals surface area contributed by atoms with Crippen LogP contribution in [0.2, 0.25) is 0 Å². The van der Waals surface area contributed by atoms with Gasteiger partial charge in [0.25, 0.3) is 0 Å². The highest BCUT2D eigenvalue weighted by atomic mass is 79.9. The molecule has 3 nitrogen and oxygen atoms in total. The van der Waals surface area contributed by atoms with E-state index in [0.29, 0.717) is 5.92 Å². The summed E-state index contributed by atoms with van der Waals surface area (Å²) in [5, 5.41) is 3.97. The number of halogens is 1. The predicted molar refractivity (Wildman–Crippen MR) is 68.7 cm³/mol. The van der Waals surface area contributed by atoms with Gasteiger partial charge in [-0.3, -0.25) is 4.79 Å². The fraction of sp³-hybridized carbons (Fsp3) is 0.917. The van der Waals surface area contributed by atoms with Gasteiger partial charge in [0.2, 0.25) is 5.91 Å². The lowest BCUT2D eigenvalue weighted by atomic mass is 9.88. The molecule has 16 heavy (non-hydrogen) atoms. The molecule has 1 rings (SSSR count). The molecule has 4 heteroatoms. The molecule has 0 saturated carbocycles. The van der Waals surface area contributed by atoms with Crippen LogP contribution >= 0.6 is 15.9 Å². The zero-order chi connectivity index (χ0) is 12.3. The molecule has 0 aromatic rings. The Morgan fingerprint density at radius 2 is 2.00 bits per heavy atom. The zero-order valence-electron chi connectivity index (χ0n) is 10.5. The monoisotopic (exact) mass is 291 g/mol. The topological polar surface area (TPSA) is 38.3 Å². The van der Waals surface area contributed by atoms with E-state index in [4.69, 9.17) is 4.74 Å². The highest BCUT2D eigenvalue weighted by Gasteiger charge is 2.41. The molecule has 5 atom stereocenters. The third kappa shape index (κ3) is 3.20. The predicted octanol–water partition coefficient (Wildman–Crippen LogP) is 2.34. The molecule has 1 aliphatic rings. The molecular weight excluding hydrogens is 270 g/mol. The van der Waals surface area contributed by atoms with Gasteiger partial charge in [0, 0.05) is 11.4 Å². The van der Waals surface area contributed by atoms with E-state index in [0.717, 1.165) is 11.8 Å². The summed E-state index contributed by atoms with van der Waals surface area (Å²) in [6, 6.07) is 0.224. The number of hydrogen-bond acceptors (Lipinski definition) is 2. The van der Waals surface area contributed by atoms with Gasteiger partial charge in [0.1, 0.15) is 0 Å². The van der Waals surface area contributed by atoms with E-state index in [1.54, 1.807) is 0 Å². The molecule has 0 bridgehead atoms. The third-order valence-electron chi connectivity index (χ3n) is 3.48. The van der Waals surface area contributed by atoms with E-state index in [1.165, 1.54) is 0 Å². The van der Waals surface area contributed by atoms with Gasteiger partial charge in [-0.05, 0) is 33.1 Å². The molecule has 0 aromatic carbocycles. The van der Waals surface area contributed by atoms with E-state index in [1.807, 2.05) is 20.8 Å². The first-order chi connectivity index (χ1) is 7.47. The molecule has 5 unspecified atom stereocenters. The number of hydrogen-bond donors (Lipinski definition) is 1. The van der Waals surface area contributed by atoms with Gasteiger partial charge in [-0.25, -0.2) is 0 Å². The van der Waals surface area contributed by atoms with Crippen LogP contribution in [0.25, 0.3) is 0 Å². The van der Waals surface area contributed by atoms with Crippen LogP contribution in [0.1, 0.15) is 34.1 Å². The fourth-order valence-corrected chi connectivity index (χ4v) is 2.98. The quantitative estimate of drug-likeness (QED) is 0.808. The average molecular weight is 292 g/mol. The second-order valence-corrected chi connectivity index (χ2v) is 5.61. The van der Waals surface area contributed by atoms with Crippen LogP contribution in [0.15, 0.2) is 0 Å². The summed E-state index contributed by atoms with van der Waals surface area (Å²) in [5.74, 6) is 0.428. The number of alkyl halides is 1. The lowest BCUT2D eigenvalue weighted by Crippen LogP contribution is -2.41. The SMILES string of the molecule is CC(CCBr)NC(=O)C1C(C)OC(C)C1C. The summed E-state index contributed by atoms with van der Waals surface area (Å²) >= 11 is 3.38. The number of amides is 1. The number of carbonyl (C=O) groups is 1. The molecule has 1 fully saturated rings. The van der Waals surface area contributed by atoms with Gasteiger partial charge in [0.05, 0.1) is 18.1 Å². The molecule has 94 valence electrons. The van der Waals surface area contributed by atoms with Gasteiger partial charge >= 0.3 is 0 Å². The van der Waals surface area contributed by atoms with Gasteiger partial charge in [0.15, 0.2) is 0 Å². The van der Waals surface area contributed by atoms with Crippen molar-refractivity contribution in [1.82, 2.24) is 5.32 Å². The van der Waals surface area contributed by atoms with Gasteiger partial charge in [-0.15, -0.1) is 0 Å². The number of rotatable bonds is 4. The molecule has 1 N–H and O–H groups in total. The third-order valence-corrected chi connectivity index (χ3v) is 3.93. The summed E-state index contributed by atoms with van der Waals surface area (Å²) in [4.78, 5) is 12.1. The summed E-state index contributed by atoms with van der Waals surface area (Å²) in [7, 11) is 0. The van der Waals surface area contributed by atoms with Gasteiger partial charge in [-0.1, -0.05) is 22.9 Å². The van der Waals surface area contributed by atoms with Crippen molar-refractivity contribution in [2.75, 3.05) is 5.33 Å². The van der Waals surface area contributed by atoms with E-state index in [-0.39, 0.29) is 30.1 Å². The molecule has 0 spiro atoms. The summed E-state index contributed by atoms with van der Waals surface area (Å²) < 4.78 is 5.68. The van der Waals surface area contributed by atoms with Crippen molar-refractivity contribution in [2.24, 2.45) is 11.8 Å². The Kier molecular flexibility index (Phi) is 5.25. The van der Waals surface area contributed by atoms with E-state index < -0.39 is 0 Å². The minimum absolute atomic E-state index is 0.00669. The van der Waals surface area contributed by atoms with Gasteiger partial charge < -0.3 is 10.1 Å². The normalized spacial score (nSPS) is 36.1. The van der Waals surface area contributed by atoms with Crippen molar-refractivity contribution in [1.29, 1.82) is 0 Å². The first-order valence-corrected chi connectivity index (χ1v) is 7.11. The van der Waals surface area contributed by atoms with Crippen LogP contribution < -0.4 is 5.32 Å². The molecule has 1 saturated heterocycles. The largest absolute Gasteiger partial charge is 0.374 e. The van der Waals surface area contributed by atoms with Crippen molar-refractivity contribution in [3.63, 3.8) is 0 Å². The van der Waals surface area contributed by atoms with Gasteiger partial charge in [-0.2, -0.15) is 0 Å². The average Bonchev–Trinajstić information content (AvgIpc) is 2.41. The first-order valence-electron chi connectivity index (χ1n) is 5.99. The minimum atomic E-state index is -0.00669. The number of carbonyl (C=O) groups excluding carboxylic acids is 1. The van der Waals surface area contributed by atoms with Crippen molar-refractivity contribution in [2.45, 2.75) is 52.4 Å². The van der Waals surface area contributed by atoms with E-state index in [2.05, 4.69) is 28.2 Å². The lowest BCUT2D eigenvalue weighted by Gasteiger charge is -2.21. The van der Waals surface area contributed by atoms with Crippen molar-refractivity contribution < 1.29 is 9.53 Å². The number of ether oxygens (including phenoxy) is 1. The fourth-order valence-electron chi connectivity index (χ4n) is 2.29. The molecular formula is C12H22BrNO2. The lowest BCUT2D eigenvalue weighted by molar-refractivity contribution is -0.127. The van der Waals surface area contributed by atoms with Crippen LogP contribution in [-0.2, 0) is 9.53 Å². The zero-order valence-corrected chi connectivity index (χ0v) is 12.1. The summed E-state index contributed by atoms with van der Waals surface area (Å²) in [5.41, 5.74) is 0. The maximum Gasteiger partial charge on any atom is 0.226 e. The van der Waals surface area contributed by atoms with E-state index in [9.17, 15) is 4.79 Å². The van der Waals surface area contributed by atoms with Crippen molar-refractivity contribution in [3.8, 4) is 0 Å². The molecule has 0 aromatic heterocycles. The Bertz CT molecular complexity index is 247. The Labute approximate surface area is 106 Å². The molecule has 1 amide bonds. The summed E-state index contributed by atoms with van der Waals surface area (Å²) in [6.07, 6.45) is 1.16. The second kappa shape index (κ2) is 6.01. The Hall–Kier alpha value is -0.0900. The van der Waals surface area contributed by atoms with Crippen LogP contribution in [0, 0.1) is 11.8 Å². The summed E-state index contributed by atoms with van der Waals surface area (Å²) in [6.45, 7) is 8.15. The van der Waals surface area contributed by atoms with Crippen LogP contribution in [0.4, 0.5) is 0 Å².